The number of H-pyrrole nitrogens is 1. The summed E-state index contributed by atoms with van der Waals surface area (Å²) in [4.78, 5) is 53.1. The molecule has 2 aliphatic rings. The quantitative estimate of drug-likeness (QED) is 0.187. The Balaban J connectivity index is 1.26. The first-order valence-corrected chi connectivity index (χ1v) is 14.7. The van der Waals surface area contributed by atoms with Crippen LogP contribution in [0.1, 0.15) is 39.1 Å². The Morgan fingerprint density at radius 3 is 2.43 bits per heavy atom. The molecule has 230 valence electrons. The van der Waals surface area contributed by atoms with Crippen LogP contribution in [0.15, 0.2) is 22.2 Å². The van der Waals surface area contributed by atoms with E-state index in [0.717, 1.165) is 4.57 Å². The molecule has 2 saturated heterocycles. The Kier molecular flexibility index (Phi) is 9.00. The second-order valence-corrected chi connectivity index (χ2v) is 10.9. The van der Waals surface area contributed by atoms with Gasteiger partial charge in [0.25, 0.3) is 5.56 Å². The van der Waals surface area contributed by atoms with E-state index in [2.05, 4.69) is 24.9 Å². The van der Waals surface area contributed by atoms with Crippen molar-refractivity contribution in [3.8, 4) is 0 Å². The third kappa shape index (κ3) is 6.52. The fraction of sp³-hybridized carbons (Fsp3) is 0.636. The van der Waals surface area contributed by atoms with Crippen molar-refractivity contribution in [1.29, 1.82) is 0 Å². The Bertz CT molecular complexity index is 1560. The molecular formula is C22H32N9O10P. The number of aromatic nitrogens is 7. The van der Waals surface area contributed by atoms with E-state index >= 15 is 0 Å². The van der Waals surface area contributed by atoms with Crippen molar-refractivity contribution < 1.29 is 37.5 Å². The summed E-state index contributed by atoms with van der Waals surface area (Å²) in [5, 5.41) is 0. The van der Waals surface area contributed by atoms with E-state index in [-0.39, 0.29) is 42.7 Å². The second kappa shape index (κ2) is 12.5. The molecule has 2 aliphatic heterocycles. The van der Waals surface area contributed by atoms with E-state index < -0.39 is 55.9 Å². The average Bonchev–Trinajstić information content (AvgIpc) is 3.63. The number of phosphoric acid groups is 1. The van der Waals surface area contributed by atoms with Crippen molar-refractivity contribution >= 4 is 30.9 Å². The van der Waals surface area contributed by atoms with Crippen LogP contribution in [0.25, 0.3) is 11.2 Å². The van der Waals surface area contributed by atoms with Gasteiger partial charge in [-0.15, -0.1) is 0 Å². The maximum absolute atomic E-state index is 13.1. The van der Waals surface area contributed by atoms with Crippen LogP contribution >= 0.6 is 7.82 Å². The number of nitrogens with zero attached hydrogens (tertiary/aromatic N) is 6. The third-order valence-corrected chi connectivity index (χ3v) is 7.73. The average molecular weight is 614 g/mol. The Labute approximate surface area is 237 Å². The SMILES string of the molecule is CCOC[C@H]1O[C@@H](n2cnc(N)nc2=O)C[C@@H]1OP(=O)(O)OC[C@H]1O[C@@H](n2cnc3c(=O)[nH]c(N)nc32)C[C@@H]1OCC. The highest BCUT2D eigenvalue weighted by atomic mass is 31.2. The number of hydrogen-bond donors (Lipinski definition) is 4. The lowest BCUT2D eigenvalue weighted by atomic mass is 10.2. The zero-order valence-electron chi connectivity index (χ0n) is 22.8. The third-order valence-electron chi connectivity index (χ3n) is 6.72. The van der Waals surface area contributed by atoms with Crippen LogP contribution in [0.4, 0.5) is 11.9 Å². The molecule has 5 heterocycles. The van der Waals surface area contributed by atoms with E-state index in [4.69, 9.17) is 39.5 Å². The van der Waals surface area contributed by atoms with Gasteiger partial charge in [-0.05, 0) is 13.8 Å². The molecule has 2 fully saturated rings. The topological polar surface area (TPSA) is 256 Å². The summed E-state index contributed by atoms with van der Waals surface area (Å²) in [5.74, 6) is -0.278. The summed E-state index contributed by atoms with van der Waals surface area (Å²) in [6.07, 6.45) is -1.77. The summed E-state index contributed by atoms with van der Waals surface area (Å²) in [7, 11) is -4.68. The van der Waals surface area contributed by atoms with Gasteiger partial charge in [0.1, 0.15) is 37.1 Å². The number of hydrogen-bond acceptors (Lipinski definition) is 15. The lowest BCUT2D eigenvalue weighted by Gasteiger charge is -2.23. The minimum absolute atomic E-state index is 0.00533. The fourth-order valence-corrected chi connectivity index (χ4v) is 5.81. The molecule has 0 aliphatic carbocycles. The van der Waals surface area contributed by atoms with E-state index in [9.17, 15) is 19.0 Å². The van der Waals surface area contributed by atoms with E-state index in [1.54, 1.807) is 18.4 Å². The molecule has 19 nitrogen and oxygen atoms in total. The number of fused-ring (bicyclic) bond motifs is 1. The van der Waals surface area contributed by atoms with Gasteiger partial charge >= 0.3 is 13.5 Å². The van der Waals surface area contributed by atoms with Crippen molar-refractivity contribution in [2.75, 3.05) is 37.9 Å². The van der Waals surface area contributed by atoms with Gasteiger partial charge in [-0.25, -0.2) is 19.3 Å². The molecular weight excluding hydrogens is 581 g/mol. The van der Waals surface area contributed by atoms with Gasteiger partial charge in [-0.2, -0.15) is 9.97 Å². The highest BCUT2D eigenvalue weighted by molar-refractivity contribution is 7.47. The lowest BCUT2D eigenvalue weighted by Crippen LogP contribution is -2.31. The zero-order chi connectivity index (χ0) is 30.0. The number of nitrogens with two attached hydrogens (primary N) is 2. The van der Waals surface area contributed by atoms with Crippen molar-refractivity contribution in [1.82, 2.24) is 34.1 Å². The summed E-state index contributed by atoms with van der Waals surface area (Å²) in [6.45, 7) is 3.94. The predicted octanol–water partition coefficient (Wildman–Crippen LogP) is -0.545. The summed E-state index contributed by atoms with van der Waals surface area (Å²) in [6, 6.07) is 0. The number of nitrogens with one attached hydrogen (secondary N) is 1. The van der Waals surface area contributed by atoms with Crippen molar-refractivity contribution in [3.63, 3.8) is 0 Å². The molecule has 20 heteroatoms. The van der Waals surface area contributed by atoms with Crippen molar-refractivity contribution in [3.05, 3.63) is 33.5 Å². The number of phosphoric ester groups is 1. The summed E-state index contributed by atoms with van der Waals surface area (Å²) in [5.41, 5.74) is 10.3. The number of rotatable bonds is 12. The minimum atomic E-state index is -4.68. The molecule has 42 heavy (non-hydrogen) atoms. The first-order valence-electron chi connectivity index (χ1n) is 13.2. The first kappa shape index (κ1) is 30.2. The summed E-state index contributed by atoms with van der Waals surface area (Å²) >= 11 is 0. The smallest absolute Gasteiger partial charge is 0.379 e. The molecule has 0 bridgehead atoms. The molecule has 7 atom stereocenters. The number of imidazole rings is 1. The molecule has 0 saturated carbocycles. The van der Waals surface area contributed by atoms with Gasteiger partial charge < -0.3 is 35.3 Å². The maximum Gasteiger partial charge on any atom is 0.472 e. The van der Waals surface area contributed by atoms with E-state index in [1.807, 2.05) is 0 Å². The van der Waals surface area contributed by atoms with Crippen LogP contribution in [0, 0.1) is 0 Å². The Hall–Kier alpha value is -3.29. The van der Waals surface area contributed by atoms with Crippen LogP contribution in [0.3, 0.4) is 0 Å². The van der Waals surface area contributed by atoms with Crippen molar-refractivity contribution in [2.45, 2.75) is 63.6 Å². The first-order chi connectivity index (χ1) is 20.1. The Morgan fingerprint density at radius 1 is 1.02 bits per heavy atom. The van der Waals surface area contributed by atoms with Gasteiger partial charge in [0.15, 0.2) is 11.2 Å². The molecule has 3 aromatic heterocycles. The second-order valence-electron chi connectivity index (χ2n) is 9.47. The highest BCUT2D eigenvalue weighted by Gasteiger charge is 2.44. The minimum Gasteiger partial charge on any atom is -0.379 e. The van der Waals surface area contributed by atoms with E-state index in [1.165, 1.54) is 12.7 Å². The number of nitrogen functional groups attached to an aromatic ring is 2. The van der Waals surface area contributed by atoms with Crippen LogP contribution in [0.5, 0.6) is 0 Å². The number of ether oxygens (including phenoxy) is 4. The highest BCUT2D eigenvalue weighted by Crippen LogP contribution is 2.49. The lowest BCUT2D eigenvalue weighted by molar-refractivity contribution is -0.0704. The zero-order valence-corrected chi connectivity index (χ0v) is 23.7. The molecule has 1 unspecified atom stereocenters. The molecule has 3 aromatic rings. The molecule has 0 amide bonds. The monoisotopic (exact) mass is 613 g/mol. The van der Waals surface area contributed by atoms with Gasteiger partial charge in [-0.3, -0.25) is 28.0 Å². The summed E-state index contributed by atoms with van der Waals surface area (Å²) < 4.78 is 49.7. The van der Waals surface area contributed by atoms with Crippen LogP contribution in [-0.4, -0.2) is 89.8 Å². The Morgan fingerprint density at radius 2 is 1.71 bits per heavy atom. The van der Waals surface area contributed by atoms with Crippen molar-refractivity contribution in [2.24, 2.45) is 0 Å². The van der Waals surface area contributed by atoms with Gasteiger partial charge in [0.05, 0.1) is 25.6 Å². The van der Waals surface area contributed by atoms with Crippen LogP contribution in [0.2, 0.25) is 0 Å². The molecule has 0 spiro atoms. The normalized spacial score (nSPS) is 27.5. The maximum atomic E-state index is 13.1. The number of anilines is 2. The van der Waals surface area contributed by atoms with Gasteiger partial charge in [-0.1, -0.05) is 0 Å². The largest absolute Gasteiger partial charge is 0.472 e. The predicted molar refractivity (Wildman–Crippen MR) is 143 cm³/mol. The number of aromatic amines is 1. The molecule has 0 radical (unpaired) electrons. The molecule has 5 rings (SSSR count). The van der Waals surface area contributed by atoms with Crippen LogP contribution in [-0.2, 0) is 32.6 Å². The van der Waals surface area contributed by atoms with E-state index in [0.29, 0.717) is 19.6 Å². The van der Waals surface area contributed by atoms with Crippen LogP contribution < -0.4 is 22.7 Å². The standard InChI is InChI=1S/C22H32N9O10P/c1-3-36-7-13-12(6-16(39-13)31-10-26-20(23)29-22(31)33)41-42(34,35)38-8-14-11(37-4-2)5-15(40-14)30-9-25-17-18(30)27-21(24)28-19(17)32/h9-16H,3-8H2,1-2H3,(H,34,35)(H2,23,29,33)(H3,24,27,28,32)/t11-,12-,13+,14+,15+,16+/m0/s1. The fourth-order valence-electron chi connectivity index (χ4n) is 4.85. The van der Waals surface area contributed by atoms with Gasteiger partial charge in [0, 0.05) is 26.1 Å². The van der Waals surface area contributed by atoms with Gasteiger partial charge in [0.2, 0.25) is 11.9 Å². The molecule has 6 N–H and O–H groups in total. The molecule has 0 aromatic carbocycles.